The average molecular weight is 236 g/mol. The van der Waals surface area contributed by atoms with Crippen LogP contribution >= 0.6 is 12.2 Å². The van der Waals surface area contributed by atoms with E-state index in [0.717, 1.165) is 0 Å². The molecule has 0 bridgehead atoms. The van der Waals surface area contributed by atoms with Crippen LogP contribution in [0.15, 0.2) is 17.1 Å². The van der Waals surface area contributed by atoms with Crippen LogP contribution in [0.1, 0.15) is 0 Å². The molecule has 0 fully saturated rings. The quantitative estimate of drug-likeness (QED) is 0.507. The first-order valence-corrected chi connectivity index (χ1v) is 2.48. The standard InChI is InChI=1S/C4H4N2OS.Ag/c7-3-1-2-5-4(8)6-3;/h1-2H,(H2,5,6,7,8);. The van der Waals surface area contributed by atoms with E-state index in [1.54, 1.807) is 0 Å². The van der Waals surface area contributed by atoms with E-state index in [1.807, 2.05) is 0 Å². The summed E-state index contributed by atoms with van der Waals surface area (Å²) in [6.07, 6.45) is 1.50. The monoisotopic (exact) mass is 235 g/mol. The molecule has 1 heterocycles. The van der Waals surface area contributed by atoms with Crippen molar-refractivity contribution in [3.05, 3.63) is 27.4 Å². The number of aromatic nitrogens is 2. The SMILES string of the molecule is O=c1cc[nH]c(=S)[nH]1.[Ag]. The number of hydrogen-bond acceptors (Lipinski definition) is 2. The molecule has 1 aromatic rings. The molecular formula is C4H4AgN2OS. The fourth-order valence-corrected chi connectivity index (χ4v) is 0.551. The van der Waals surface area contributed by atoms with Gasteiger partial charge in [0.1, 0.15) is 0 Å². The summed E-state index contributed by atoms with van der Waals surface area (Å²) in [4.78, 5) is 15.4. The summed E-state index contributed by atoms with van der Waals surface area (Å²) in [6.45, 7) is 0. The smallest absolute Gasteiger partial charge is 0.251 e. The van der Waals surface area contributed by atoms with E-state index in [-0.39, 0.29) is 27.9 Å². The maximum Gasteiger partial charge on any atom is 0.251 e. The second-order valence-electron chi connectivity index (χ2n) is 1.30. The molecule has 1 radical (unpaired) electrons. The van der Waals surface area contributed by atoms with Crippen molar-refractivity contribution in [3.63, 3.8) is 0 Å². The summed E-state index contributed by atoms with van der Waals surface area (Å²) in [7, 11) is 0. The molecule has 0 aliphatic rings. The Kier molecular flexibility index (Phi) is 3.72. The van der Waals surface area contributed by atoms with E-state index in [0.29, 0.717) is 4.77 Å². The van der Waals surface area contributed by atoms with Crippen molar-refractivity contribution in [2.45, 2.75) is 0 Å². The molecule has 5 heteroatoms. The van der Waals surface area contributed by atoms with Gasteiger partial charge in [-0.05, 0) is 12.2 Å². The molecule has 0 spiro atoms. The van der Waals surface area contributed by atoms with Gasteiger partial charge < -0.3 is 4.98 Å². The zero-order valence-electron chi connectivity index (χ0n) is 4.27. The third kappa shape index (κ3) is 2.76. The molecule has 0 unspecified atom stereocenters. The maximum absolute atomic E-state index is 10.3. The summed E-state index contributed by atoms with van der Waals surface area (Å²) in [5, 5.41) is 0. The Hall–Kier alpha value is -0.160. The predicted molar refractivity (Wildman–Crippen MR) is 32.2 cm³/mol. The molecular weight excluding hydrogens is 232 g/mol. The van der Waals surface area contributed by atoms with Crippen LogP contribution in [-0.4, -0.2) is 9.97 Å². The van der Waals surface area contributed by atoms with Crippen molar-refractivity contribution in [1.29, 1.82) is 0 Å². The summed E-state index contributed by atoms with van der Waals surface area (Å²) in [5.41, 5.74) is -0.172. The van der Waals surface area contributed by atoms with Crippen molar-refractivity contribution in [2.24, 2.45) is 0 Å². The third-order valence-corrected chi connectivity index (χ3v) is 0.906. The van der Waals surface area contributed by atoms with Crippen LogP contribution in [0.2, 0.25) is 0 Å². The molecule has 1 aromatic heterocycles. The summed E-state index contributed by atoms with van der Waals surface area (Å²) in [6, 6.07) is 1.37. The van der Waals surface area contributed by atoms with E-state index in [1.165, 1.54) is 12.3 Å². The Bertz CT molecular complexity index is 253. The van der Waals surface area contributed by atoms with Crippen LogP contribution in [0, 0.1) is 4.77 Å². The van der Waals surface area contributed by atoms with Gasteiger partial charge >= 0.3 is 0 Å². The van der Waals surface area contributed by atoms with Gasteiger partial charge in [0.05, 0.1) is 0 Å². The van der Waals surface area contributed by atoms with Gasteiger partial charge in [0.15, 0.2) is 4.77 Å². The van der Waals surface area contributed by atoms with Gasteiger partial charge in [0, 0.05) is 34.6 Å². The van der Waals surface area contributed by atoms with Gasteiger partial charge in [0.2, 0.25) is 0 Å². The van der Waals surface area contributed by atoms with E-state index >= 15 is 0 Å². The maximum atomic E-state index is 10.3. The Morgan fingerprint density at radius 2 is 2.22 bits per heavy atom. The van der Waals surface area contributed by atoms with Gasteiger partial charge in [0.25, 0.3) is 5.56 Å². The van der Waals surface area contributed by atoms with Gasteiger partial charge in [-0.3, -0.25) is 9.78 Å². The largest absolute Gasteiger partial charge is 0.339 e. The van der Waals surface area contributed by atoms with Crippen molar-refractivity contribution < 1.29 is 22.4 Å². The summed E-state index contributed by atoms with van der Waals surface area (Å²) < 4.78 is 0.359. The summed E-state index contributed by atoms with van der Waals surface area (Å²) in [5.74, 6) is 0. The van der Waals surface area contributed by atoms with Crippen LogP contribution in [0.25, 0.3) is 0 Å². The molecule has 0 atom stereocenters. The molecule has 53 valence electrons. The molecule has 0 saturated carbocycles. The Balaban J connectivity index is 0.000000640. The van der Waals surface area contributed by atoms with Crippen molar-refractivity contribution in [1.82, 2.24) is 9.97 Å². The van der Waals surface area contributed by atoms with Gasteiger partial charge in [-0.15, -0.1) is 0 Å². The van der Waals surface area contributed by atoms with Gasteiger partial charge in [-0.2, -0.15) is 0 Å². The second-order valence-corrected chi connectivity index (χ2v) is 1.70. The van der Waals surface area contributed by atoms with Crippen LogP contribution in [0.3, 0.4) is 0 Å². The average Bonchev–Trinajstić information content (AvgIpc) is 1.64. The Morgan fingerprint density at radius 1 is 1.56 bits per heavy atom. The number of H-pyrrole nitrogens is 2. The van der Waals surface area contributed by atoms with Crippen molar-refractivity contribution >= 4 is 12.2 Å². The van der Waals surface area contributed by atoms with Gasteiger partial charge in [-0.25, -0.2) is 0 Å². The second kappa shape index (κ2) is 3.79. The van der Waals surface area contributed by atoms with Crippen LogP contribution in [0.5, 0.6) is 0 Å². The van der Waals surface area contributed by atoms with Crippen molar-refractivity contribution in [3.8, 4) is 0 Å². The fourth-order valence-electron chi connectivity index (χ4n) is 0.383. The Labute approximate surface area is 72.0 Å². The normalized spacial score (nSPS) is 8.00. The predicted octanol–water partition coefficient (Wildman–Crippen LogP) is 0.430. The molecule has 3 nitrogen and oxygen atoms in total. The van der Waals surface area contributed by atoms with E-state index in [2.05, 4.69) is 22.2 Å². The summed E-state index contributed by atoms with van der Waals surface area (Å²) >= 11 is 4.59. The zero-order chi connectivity index (χ0) is 5.98. The number of nitrogens with one attached hydrogen (secondary N) is 2. The molecule has 9 heavy (non-hydrogen) atoms. The first-order chi connectivity index (χ1) is 3.79. The molecule has 0 aromatic carbocycles. The minimum Gasteiger partial charge on any atom is -0.339 e. The van der Waals surface area contributed by atoms with Gasteiger partial charge in [-0.1, -0.05) is 0 Å². The van der Waals surface area contributed by atoms with Crippen LogP contribution < -0.4 is 5.56 Å². The first kappa shape index (κ1) is 8.84. The molecule has 0 saturated heterocycles. The molecule has 2 N–H and O–H groups in total. The van der Waals surface area contributed by atoms with E-state index in [4.69, 9.17) is 0 Å². The fraction of sp³-hybridized carbons (Fsp3) is 0. The first-order valence-electron chi connectivity index (χ1n) is 2.07. The van der Waals surface area contributed by atoms with Crippen molar-refractivity contribution in [2.75, 3.05) is 0 Å². The molecule has 0 aliphatic carbocycles. The number of rotatable bonds is 0. The van der Waals surface area contributed by atoms with Crippen LogP contribution in [-0.2, 0) is 22.4 Å². The van der Waals surface area contributed by atoms with E-state index < -0.39 is 0 Å². The topological polar surface area (TPSA) is 48.6 Å². The number of hydrogen-bond donors (Lipinski definition) is 2. The minimum absolute atomic E-state index is 0. The van der Waals surface area contributed by atoms with E-state index in [9.17, 15) is 4.79 Å². The molecule has 0 aliphatic heterocycles. The molecule has 0 amide bonds. The zero-order valence-corrected chi connectivity index (χ0v) is 6.57. The third-order valence-electron chi connectivity index (χ3n) is 0.686. The Morgan fingerprint density at radius 3 is 2.56 bits per heavy atom. The molecule has 1 rings (SSSR count). The number of aromatic amines is 2. The van der Waals surface area contributed by atoms with Crippen LogP contribution in [0.4, 0.5) is 0 Å². The minimum atomic E-state index is -0.172.